The summed E-state index contributed by atoms with van der Waals surface area (Å²) in [5, 5.41) is 8.06. The molecule has 1 N–H and O–H groups in total. The average molecular weight is 170 g/mol. The van der Waals surface area contributed by atoms with Crippen molar-refractivity contribution in [1.82, 2.24) is 0 Å². The van der Waals surface area contributed by atoms with Crippen LogP contribution in [0.2, 0.25) is 0 Å². The van der Waals surface area contributed by atoms with Crippen molar-refractivity contribution in [2.75, 3.05) is 0 Å². The van der Waals surface area contributed by atoms with E-state index in [1.54, 1.807) is 0 Å². The molecule has 0 aromatic heterocycles. The number of carboxylic acid groups (broad SMARTS) is 1. The highest BCUT2D eigenvalue weighted by Gasteiger charge is 2.25. The molecular weight excluding hydrogens is 161 g/mol. The molecular formula is C6H9F3O2. The predicted molar refractivity (Wildman–Crippen MR) is 32.2 cm³/mol. The maximum absolute atomic E-state index is 11.4. The molecule has 0 rings (SSSR count). The fourth-order valence-electron chi connectivity index (χ4n) is 0.602. The third kappa shape index (κ3) is 9.26. The molecule has 0 aliphatic heterocycles. The number of unbranched alkanes of at least 4 members (excludes halogenated alkanes) is 1. The molecule has 0 heterocycles. The number of rotatable bonds is 4. The Morgan fingerprint density at radius 2 is 1.82 bits per heavy atom. The van der Waals surface area contributed by atoms with Gasteiger partial charge in [0, 0.05) is 12.8 Å². The van der Waals surface area contributed by atoms with E-state index in [1.165, 1.54) is 0 Å². The molecule has 0 fully saturated rings. The Balaban J connectivity index is 3.22. The summed E-state index contributed by atoms with van der Waals surface area (Å²) in [5.74, 6) is -1.05. The molecule has 0 aliphatic carbocycles. The first-order chi connectivity index (χ1) is 4.92. The SMILES string of the molecule is O=C(O)CCCCC(F)(F)F. The maximum Gasteiger partial charge on any atom is 0.389 e. The van der Waals surface area contributed by atoms with Crippen LogP contribution < -0.4 is 0 Å². The van der Waals surface area contributed by atoms with Crippen LogP contribution in [0.3, 0.4) is 0 Å². The largest absolute Gasteiger partial charge is 0.481 e. The van der Waals surface area contributed by atoms with Crippen LogP contribution in [0.15, 0.2) is 0 Å². The molecule has 2 nitrogen and oxygen atoms in total. The highest BCUT2D eigenvalue weighted by Crippen LogP contribution is 2.22. The first-order valence-electron chi connectivity index (χ1n) is 3.20. The number of aliphatic carboxylic acids is 1. The third-order valence-electron chi connectivity index (χ3n) is 1.10. The number of hydrogen-bond acceptors (Lipinski definition) is 1. The number of carbonyl (C=O) groups is 1. The van der Waals surface area contributed by atoms with Gasteiger partial charge in [-0.15, -0.1) is 0 Å². The van der Waals surface area contributed by atoms with Gasteiger partial charge in [-0.3, -0.25) is 4.79 Å². The summed E-state index contributed by atoms with van der Waals surface area (Å²) in [6, 6.07) is 0. The number of halogens is 3. The minimum Gasteiger partial charge on any atom is -0.481 e. The Hall–Kier alpha value is -0.740. The van der Waals surface area contributed by atoms with Crippen LogP contribution in [0.1, 0.15) is 25.7 Å². The van der Waals surface area contributed by atoms with E-state index in [4.69, 9.17) is 5.11 Å². The van der Waals surface area contributed by atoms with Gasteiger partial charge < -0.3 is 5.11 Å². The van der Waals surface area contributed by atoms with Gasteiger partial charge in [-0.1, -0.05) is 0 Å². The average Bonchev–Trinajstić information content (AvgIpc) is 1.78. The van der Waals surface area contributed by atoms with Gasteiger partial charge in [0.1, 0.15) is 0 Å². The Labute approximate surface area is 62.0 Å². The minimum absolute atomic E-state index is 0.0921. The summed E-state index contributed by atoms with van der Waals surface area (Å²) in [4.78, 5) is 9.84. The monoisotopic (exact) mass is 170 g/mol. The summed E-state index contributed by atoms with van der Waals surface area (Å²) in [7, 11) is 0. The van der Waals surface area contributed by atoms with Crippen molar-refractivity contribution >= 4 is 5.97 Å². The van der Waals surface area contributed by atoms with Crippen LogP contribution in [0, 0.1) is 0 Å². The first-order valence-corrected chi connectivity index (χ1v) is 3.20. The van der Waals surface area contributed by atoms with Gasteiger partial charge in [-0.25, -0.2) is 0 Å². The van der Waals surface area contributed by atoms with Crippen molar-refractivity contribution < 1.29 is 23.1 Å². The Morgan fingerprint density at radius 3 is 2.18 bits per heavy atom. The van der Waals surface area contributed by atoms with E-state index in [0.29, 0.717) is 0 Å². The molecule has 0 aliphatic rings. The summed E-state index contributed by atoms with van der Waals surface area (Å²) in [6.07, 6.45) is -5.24. The van der Waals surface area contributed by atoms with E-state index in [2.05, 4.69) is 0 Å². The van der Waals surface area contributed by atoms with E-state index in [9.17, 15) is 18.0 Å². The van der Waals surface area contributed by atoms with Gasteiger partial charge in [-0.05, 0) is 12.8 Å². The van der Waals surface area contributed by atoms with Gasteiger partial charge in [0.15, 0.2) is 0 Å². The van der Waals surface area contributed by atoms with Crippen molar-refractivity contribution in [2.24, 2.45) is 0 Å². The Bertz CT molecular complexity index is 130. The van der Waals surface area contributed by atoms with Gasteiger partial charge in [0.05, 0.1) is 0 Å². The lowest BCUT2D eigenvalue weighted by atomic mass is 10.2. The molecule has 0 bridgehead atoms. The van der Waals surface area contributed by atoms with E-state index in [1.807, 2.05) is 0 Å². The molecule has 0 unspecified atom stereocenters. The maximum atomic E-state index is 11.4. The van der Waals surface area contributed by atoms with E-state index in [0.717, 1.165) is 0 Å². The van der Waals surface area contributed by atoms with Crippen LogP contribution >= 0.6 is 0 Å². The van der Waals surface area contributed by atoms with Crippen molar-refractivity contribution in [3.8, 4) is 0 Å². The first kappa shape index (κ1) is 10.3. The Morgan fingerprint density at radius 1 is 1.27 bits per heavy atom. The van der Waals surface area contributed by atoms with Crippen LogP contribution in [-0.2, 0) is 4.79 Å². The lowest BCUT2D eigenvalue weighted by Gasteiger charge is -2.03. The fraction of sp³-hybridized carbons (Fsp3) is 0.833. The molecule has 11 heavy (non-hydrogen) atoms. The van der Waals surface area contributed by atoms with Crippen LogP contribution in [-0.4, -0.2) is 17.3 Å². The van der Waals surface area contributed by atoms with E-state index in [-0.39, 0.29) is 19.3 Å². The van der Waals surface area contributed by atoms with Crippen LogP contribution in [0.4, 0.5) is 13.2 Å². The predicted octanol–water partition coefficient (Wildman–Crippen LogP) is 2.19. The molecule has 66 valence electrons. The second-order valence-corrected chi connectivity index (χ2v) is 2.22. The lowest BCUT2D eigenvalue weighted by molar-refractivity contribution is -0.140. The molecule has 0 atom stereocenters. The standard InChI is InChI=1S/C6H9F3O2/c7-6(8,9)4-2-1-3-5(10)11/h1-4H2,(H,10,11). The van der Waals surface area contributed by atoms with Gasteiger partial charge in [0.2, 0.25) is 0 Å². The zero-order valence-corrected chi connectivity index (χ0v) is 5.82. The van der Waals surface area contributed by atoms with Crippen molar-refractivity contribution in [3.05, 3.63) is 0 Å². The van der Waals surface area contributed by atoms with E-state index < -0.39 is 18.6 Å². The summed E-state index contributed by atoms with van der Waals surface area (Å²) in [6.45, 7) is 0. The molecule has 0 radical (unpaired) electrons. The molecule has 0 saturated heterocycles. The zero-order valence-electron chi connectivity index (χ0n) is 5.82. The van der Waals surface area contributed by atoms with E-state index >= 15 is 0 Å². The molecule has 0 aromatic rings. The van der Waals surface area contributed by atoms with Crippen molar-refractivity contribution in [1.29, 1.82) is 0 Å². The Kier molecular flexibility index (Phi) is 3.92. The normalized spacial score (nSPS) is 11.5. The lowest BCUT2D eigenvalue weighted by Crippen LogP contribution is -2.06. The van der Waals surface area contributed by atoms with Gasteiger partial charge in [0.25, 0.3) is 0 Å². The second kappa shape index (κ2) is 4.20. The van der Waals surface area contributed by atoms with Gasteiger partial charge in [-0.2, -0.15) is 13.2 Å². The highest BCUT2D eigenvalue weighted by molar-refractivity contribution is 5.66. The topological polar surface area (TPSA) is 37.3 Å². The highest BCUT2D eigenvalue weighted by atomic mass is 19.4. The van der Waals surface area contributed by atoms with Gasteiger partial charge >= 0.3 is 12.1 Å². The quantitative estimate of drug-likeness (QED) is 0.656. The zero-order chi connectivity index (χ0) is 8.91. The molecule has 5 heteroatoms. The van der Waals surface area contributed by atoms with Crippen molar-refractivity contribution in [2.45, 2.75) is 31.9 Å². The smallest absolute Gasteiger partial charge is 0.389 e. The number of carboxylic acids is 1. The van der Waals surface area contributed by atoms with Crippen LogP contribution in [0.5, 0.6) is 0 Å². The summed E-state index contributed by atoms with van der Waals surface area (Å²) in [5.41, 5.74) is 0. The minimum atomic E-state index is -4.15. The number of hydrogen-bond donors (Lipinski definition) is 1. The fourth-order valence-corrected chi connectivity index (χ4v) is 0.602. The summed E-state index contributed by atoms with van der Waals surface area (Å²) < 4.78 is 34.3. The second-order valence-electron chi connectivity index (χ2n) is 2.22. The van der Waals surface area contributed by atoms with Crippen molar-refractivity contribution in [3.63, 3.8) is 0 Å². The third-order valence-corrected chi connectivity index (χ3v) is 1.10. The molecule has 0 saturated carbocycles. The number of alkyl halides is 3. The summed E-state index contributed by atoms with van der Waals surface area (Å²) >= 11 is 0. The molecule has 0 aromatic carbocycles. The molecule has 0 amide bonds. The molecule has 0 spiro atoms. The van der Waals surface area contributed by atoms with Crippen LogP contribution in [0.25, 0.3) is 0 Å².